The summed E-state index contributed by atoms with van der Waals surface area (Å²) < 4.78 is 7.41. The van der Waals surface area contributed by atoms with E-state index in [9.17, 15) is 5.11 Å². The van der Waals surface area contributed by atoms with E-state index < -0.39 is 12.2 Å². The van der Waals surface area contributed by atoms with Crippen LogP contribution in [-0.4, -0.2) is 33.6 Å². The lowest BCUT2D eigenvalue weighted by Gasteiger charge is -2.13. The fraction of sp³-hybridized carbons (Fsp3) is 0.600. The Morgan fingerprint density at radius 1 is 1.64 bits per heavy atom. The van der Waals surface area contributed by atoms with Crippen LogP contribution in [0.5, 0.6) is 0 Å². The van der Waals surface area contributed by atoms with Crippen molar-refractivity contribution in [1.82, 2.24) is 4.57 Å². The van der Waals surface area contributed by atoms with Gasteiger partial charge >= 0.3 is 0 Å². The smallest absolute Gasteiger partial charge is 0.136 e. The molecule has 4 heteroatoms. The Morgan fingerprint density at radius 3 is 2.93 bits per heavy atom. The predicted octanol–water partition coefficient (Wildman–Crippen LogP) is 0.437. The van der Waals surface area contributed by atoms with Crippen molar-refractivity contribution in [2.75, 3.05) is 6.61 Å². The fourth-order valence-corrected chi connectivity index (χ4v) is 1.77. The third-order valence-electron chi connectivity index (χ3n) is 2.58. The molecule has 0 radical (unpaired) electrons. The zero-order valence-electron chi connectivity index (χ0n) is 8.13. The van der Waals surface area contributed by atoms with Crippen LogP contribution in [0.1, 0.15) is 18.2 Å². The largest absolute Gasteiger partial charge is 0.394 e. The predicted molar refractivity (Wildman–Crippen MR) is 50.8 cm³/mol. The number of ether oxygens (including phenoxy) is 1. The van der Waals surface area contributed by atoms with Crippen molar-refractivity contribution >= 4 is 0 Å². The maximum Gasteiger partial charge on any atom is 0.136 e. The zero-order chi connectivity index (χ0) is 10.1. The van der Waals surface area contributed by atoms with Gasteiger partial charge in [-0.1, -0.05) is 0 Å². The summed E-state index contributed by atoms with van der Waals surface area (Å²) in [6.07, 6.45) is 3.29. The SMILES string of the molecule is Cc1ccn(C2CC(O)C(CO)O2)c1. The van der Waals surface area contributed by atoms with E-state index in [0.29, 0.717) is 6.42 Å². The number of aliphatic hydroxyl groups excluding tert-OH is 2. The average molecular weight is 197 g/mol. The van der Waals surface area contributed by atoms with Crippen LogP contribution in [0.3, 0.4) is 0 Å². The molecule has 3 unspecified atom stereocenters. The molecule has 3 atom stereocenters. The number of aliphatic hydroxyl groups is 2. The van der Waals surface area contributed by atoms with E-state index in [2.05, 4.69) is 0 Å². The molecule has 2 N–H and O–H groups in total. The molecule has 0 aromatic carbocycles. The van der Waals surface area contributed by atoms with Gasteiger partial charge in [0.25, 0.3) is 0 Å². The van der Waals surface area contributed by atoms with Crippen molar-refractivity contribution in [2.24, 2.45) is 0 Å². The van der Waals surface area contributed by atoms with Crippen LogP contribution in [-0.2, 0) is 4.74 Å². The van der Waals surface area contributed by atoms with E-state index in [1.807, 2.05) is 30.0 Å². The Bertz CT molecular complexity index is 310. The molecule has 1 aliphatic rings. The molecule has 78 valence electrons. The van der Waals surface area contributed by atoms with Gasteiger partial charge in [-0.25, -0.2) is 0 Å². The van der Waals surface area contributed by atoms with Crippen LogP contribution in [0.15, 0.2) is 18.5 Å². The highest BCUT2D eigenvalue weighted by atomic mass is 16.5. The minimum Gasteiger partial charge on any atom is -0.394 e. The van der Waals surface area contributed by atoms with E-state index in [-0.39, 0.29) is 12.8 Å². The number of hydrogen-bond donors (Lipinski definition) is 2. The molecule has 14 heavy (non-hydrogen) atoms. The van der Waals surface area contributed by atoms with Crippen LogP contribution in [0, 0.1) is 6.92 Å². The highest BCUT2D eigenvalue weighted by molar-refractivity contribution is 5.08. The molecule has 1 aliphatic heterocycles. The van der Waals surface area contributed by atoms with Gasteiger partial charge in [-0.3, -0.25) is 0 Å². The third-order valence-corrected chi connectivity index (χ3v) is 2.58. The lowest BCUT2D eigenvalue weighted by molar-refractivity contribution is -0.0442. The average Bonchev–Trinajstić information content (AvgIpc) is 2.71. The summed E-state index contributed by atoms with van der Waals surface area (Å²) in [6, 6.07) is 1.99. The summed E-state index contributed by atoms with van der Waals surface area (Å²) in [6.45, 7) is 1.88. The molecule has 2 heterocycles. The van der Waals surface area contributed by atoms with Gasteiger partial charge in [0.05, 0.1) is 12.7 Å². The highest BCUT2D eigenvalue weighted by Crippen LogP contribution is 2.28. The molecule has 1 aromatic rings. The summed E-state index contributed by atoms with van der Waals surface area (Å²) in [5.41, 5.74) is 1.16. The zero-order valence-corrected chi connectivity index (χ0v) is 8.13. The van der Waals surface area contributed by atoms with Gasteiger partial charge in [-0.05, 0) is 18.6 Å². The molecule has 1 fully saturated rings. The normalized spacial score (nSPS) is 32.4. The van der Waals surface area contributed by atoms with E-state index >= 15 is 0 Å². The first-order chi connectivity index (χ1) is 6.70. The van der Waals surface area contributed by atoms with E-state index in [1.54, 1.807) is 0 Å². The summed E-state index contributed by atoms with van der Waals surface area (Å²) in [5.74, 6) is 0. The van der Waals surface area contributed by atoms with Crippen LogP contribution in [0.4, 0.5) is 0 Å². The second-order valence-electron chi connectivity index (χ2n) is 3.75. The second-order valence-corrected chi connectivity index (χ2v) is 3.75. The maximum atomic E-state index is 9.53. The standard InChI is InChI=1S/C10H15NO3/c1-7-2-3-11(5-7)10-4-8(13)9(6-12)14-10/h2-3,5,8-10,12-13H,4,6H2,1H3. The molecule has 0 aliphatic carbocycles. The molecule has 0 bridgehead atoms. The molecular weight excluding hydrogens is 182 g/mol. The van der Waals surface area contributed by atoms with Gasteiger partial charge in [-0.15, -0.1) is 0 Å². The monoisotopic (exact) mass is 197 g/mol. The van der Waals surface area contributed by atoms with Crippen molar-refractivity contribution in [3.05, 3.63) is 24.0 Å². The van der Waals surface area contributed by atoms with Gasteiger partial charge in [0, 0.05) is 18.8 Å². The maximum absolute atomic E-state index is 9.53. The number of hydrogen-bond acceptors (Lipinski definition) is 3. The van der Waals surface area contributed by atoms with E-state index in [4.69, 9.17) is 9.84 Å². The number of rotatable bonds is 2. The van der Waals surface area contributed by atoms with Crippen molar-refractivity contribution in [1.29, 1.82) is 0 Å². The summed E-state index contributed by atoms with van der Waals surface area (Å²) in [4.78, 5) is 0. The fourth-order valence-electron chi connectivity index (χ4n) is 1.77. The van der Waals surface area contributed by atoms with Crippen LogP contribution >= 0.6 is 0 Å². The van der Waals surface area contributed by atoms with Gasteiger partial charge in [-0.2, -0.15) is 0 Å². The van der Waals surface area contributed by atoms with Crippen LogP contribution < -0.4 is 0 Å². The molecule has 2 rings (SSSR count). The van der Waals surface area contributed by atoms with Crippen LogP contribution in [0.2, 0.25) is 0 Å². The minimum atomic E-state index is -0.562. The summed E-state index contributed by atoms with van der Waals surface area (Å²) >= 11 is 0. The Morgan fingerprint density at radius 2 is 2.43 bits per heavy atom. The molecule has 0 amide bonds. The summed E-state index contributed by atoms with van der Waals surface area (Å²) in [7, 11) is 0. The summed E-state index contributed by atoms with van der Waals surface area (Å²) in [5, 5.41) is 18.4. The Labute approximate surface area is 82.7 Å². The number of aryl methyl sites for hydroxylation is 1. The second kappa shape index (κ2) is 3.73. The van der Waals surface area contributed by atoms with Gasteiger partial charge < -0.3 is 19.5 Å². The Kier molecular flexibility index (Phi) is 2.58. The van der Waals surface area contributed by atoms with Crippen molar-refractivity contribution < 1.29 is 14.9 Å². The van der Waals surface area contributed by atoms with Crippen LogP contribution in [0.25, 0.3) is 0 Å². The quantitative estimate of drug-likeness (QED) is 0.723. The van der Waals surface area contributed by atoms with Gasteiger partial charge in [0.15, 0.2) is 0 Å². The molecular formula is C10H15NO3. The van der Waals surface area contributed by atoms with Gasteiger partial charge in [0.1, 0.15) is 12.3 Å². The molecule has 1 aromatic heterocycles. The molecule has 4 nitrogen and oxygen atoms in total. The first kappa shape index (κ1) is 9.71. The van der Waals surface area contributed by atoms with Crippen molar-refractivity contribution in [3.8, 4) is 0 Å². The van der Waals surface area contributed by atoms with Crippen molar-refractivity contribution in [2.45, 2.75) is 31.8 Å². The number of nitrogens with zero attached hydrogens (tertiary/aromatic N) is 1. The first-order valence-electron chi connectivity index (χ1n) is 4.79. The number of aromatic nitrogens is 1. The lowest BCUT2D eigenvalue weighted by atomic mass is 10.2. The topological polar surface area (TPSA) is 54.6 Å². The Balaban J connectivity index is 2.08. The molecule has 0 saturated carbocycles. The van der Waals surface area contributed by atoms with E-state index in [1.165, 1.54) is 0 Å². The minimum absolute atomic E-state index is 0.127. The first-order valence-corrected chi connectivity index (χ1v) is 4.79. The van der Waals surface area contributed by atoms with E-state index in [0.717, 1.165) is 5.56 Å². The molecule has 0 spiro atoms. The Hall–Kier alpha value is -0.840. The molecule has 1 saturated heterocycles. The van der Waals surface area contributed by atoms with Crippen molar-refractivity contribution in [3.63, 3.8) is 0 Å². The third kappa shape index (κ3) is 1.68. The lowest BCUT2D eigenvalue weighted by Crippen LogP contribution is -2.24. The highest BCUT2D eigenvalue weighted by Gasteiger charge is 2.33. The van der Waals surface area contributed by atoms with Gasteiger partial charge in [0.2, 0.25) is 0 Å².